The lowest BCUT2D eigenvalue weighted by Gasteiger charge is -2.35. The Hall–Kier alpha value is -3.56. The average molecular weight is 787 g/mol. The van der Waals surface area contributed by atoms with Crippen LogP contribution in [0.5, 0.6) is 0 Å². The number of nitrogens with zero attached hydrogens (tertiary/aromatic N) is 2. The minimum atomic E-state index is -1.99. The van der Waals surface area contributed by atoms with Crippen molar-refractivity contribution in [2.45, 2.75) is 131 Å². The number of non-ortho nitro benzene ring substituents is 1. The van der Waals surface area contributed by atoms with Gasteiger partial charge in [0, 0.05) is 29.9 Å². The largest absolute Gasteiger partial charge is 0.458 e. The number of carbonyl (C=O) groups excluding carboxylic acids is 3. The Morgan fingerprint density at radius 2 is 1.87 bits per heavy atom. The molecule has 0 radical (unpaired) electrons. The van der Waals surface area contributed by atoms with Crippen molar-refractivity contribution in [1.82, 2.24) is 4.98 Å². The average Bonchev–Trinajstić information content (AvgIpc) is 3.55. The molecule has 1 aromatic heterocycles. The predicted molar refractivity (Wildman–Crippen MR) is 211 cm³/mol. The Balaban J connectivity index is 1.94. The van der Waals surface area contributed by atoms with Crippen molar-refractivity contribution in [2.24, 2.45) is 17.3 Å². The lowest BCUT2D eigenvalue weighted by Crippen LogP contribution is -2.45. The first-order valence-corrected chi connectivity index (χ1v) is 22.3. The van der Waals surface area contributed by atoms with Crippen LogP contribution in [-0.4, -0.2) is 71.1 Å². The molecule has 0 fully saturated rings. The van der Waals surface area contributed by atoms with E-state index in [0.29, 0.717) is 37.1 Å². The van der Waals surface area contributed by atoms with Crippen molar-refractivity contribution in [2.75, 3.05) is 6.61 Å². The van der Waals surface area contributed by atoms with Gasteiger partial charge in [-0.2, -0.15) is 0 Å². The Labute approximate surface area is 324 Å². The van der Waals surface area contributed by atoms with Crippen molar-refractivity contribution in [3.05, 3.63) is 73.2 Å². The highest BCUT2D eigenvalue weighted by atomic mass is 32.1. The normalized spacial score (nSPS) is 25.0. The summed E-state index contributed by atoms with van der Waals surface area (Å²) in [5.74, 6) is -2.85. The van der Waals surface area contributed by atoms with Crippen LogP contribution in [-0.2, 0) is 30.1 Å². The van der Waals surface area contributed by atoms with Gasteiger partial charge in [0.1, 0.15) is 23.5 Å². The summed E-state index contributed by atoms with van der Waals surface area (Å²) in [7, 11) is -1.99. The molecule has 0 unspecified atom stereocenters. The zero-order chi connectivity index (χ0) is 40.6. The minimum Gasteiger partial charge on any atom is -0.458 e. The zero-order valence-corrected chi connectivity index (χ0v) is 35.2. The molecule has 2 aromatic rings. The molecule has 0 bridgehead atoms. The number of rotatable bonds is 9. The van der Waals surface area contributed by atoms with Crippen LogP contribution >= 0.6 is 11.3 Å². The second-order valence-electron chi connectivity index (χ2n) is 16.5. The maximum atomic E-state index is 13.5. The van der Waals surface area contributed by atoms with Crippen LogP contribution in [0.4, 0.5) is 5.69 Å². The maximum absolute atomic E-state index is 13.5. The summed E-state index contributed by atoms with van der Waals surface area (Å²) in [5, 5.41) is 36.3. The third-order valence-corrected chi connectivity index (χ3v) is 16.2. The fraction of sp³-hybridized carbons (Fsp3) is 0.600. The molecule has 12 nitrogen and oxygen atoms in total. The van der Waals surface area contributed by atoms with Gasteiger partial charge in [-0.15, -0.1) is 11.3 Å². The number of ether oxygens (including phenoxy) is 2. The Bertz CT molecular complexity index is 1710. The van der Waals surface area contributed by atoms with Crippen molar-refractivity contribution in [3.63, 3.8) is 0 Å². The van der Waals surface area contributed by atoms with Crippen LogP contribution in [0.3, 0.4) is 0 Å². The first-order chi connectivity index (χ1) is 25.0. The number of aromatic nitrogens is 1. The van der Waals surface area contributed by atoms with Gasteiger partial charge >= 0.3 is 11.9 Å². The number of ketones is 1. The topological polar surface area (TPSA) is 175 Å². The van der Waals surface area contributed by atoms with Crippen LogP contribution in [0.1, 0.15) is 109 Å². The summed E-state index contributed by atoms with van der Waals surface area (Å²) in [6.45, 7) is 19.7. The van der Waals surface area contributed by atoms with Crippen LogP contribution in [0, 0.1) is 27.4 Å². The molecule has 1 aliphatic rings. The van der Waals surface area contributed by atoms with Gasteiger partial charge in [0.05, 0.1) is 46.8 Å². The Morgan fingerprint density at radius 3 is 2.52 bits per heavy atom. The van der Waals surface area contributed by atoms with E-state index in [1.807, 2.05) is 31.4 Å². The Morgan fingerprint density at radius 1 is 1.19 bits per heavy atom. The van der Waals surface area contributed by atoms with Gasteiger partial charge < -0.3 is 24.1 Å². The second kappa shape index (κ2) is 18.9. The third-order valence-electron chi connectivity index (χ3n) is 10.9. The number of hydrogen-bond acceptors (Lipinski definition) is 12. The first-order valence-electron chi connectivity index (χ1n) is 18.5. The van der Waals surface area contributed by atoms with E-state index < -0.39 is 61.2 Å². The van der Waals surface area contributed by atoms with Gasteiger partial charge in [-0.1, -0.05) is 60.6 Å². The van der Waals surface area contributed by atoms with E-state index in [9.17, 15) is 34.7 Å². The molecular formula is C40H58N2O10SSi. The van der Waals surface area contributed by atoms with Gasteiger partial charge in [0.2, 0.25) is 0 Å². The van der Waals surface area contributed by atoms with Crippen molar-refractivity contribution >= 4 is 49.1 Å². The number of Topliss-reactive ketones (excluding diaryl/α,β-unsaturated/α-hetero) is 1. The van der Waals surface area contributed by atoms with Crippen LogP contribution in [0.2, 0.25) is 18.1 Å². The quantitative estimate of drug-likeness (QED) is 0.0824. The maximum Gasteiger partial charge on any atom is 0.338 e. The summed E-state index contributed by atoms with van der Waals surface area (Å²) >= 11 is 1.48. The molecule has 0 saturated heterocycles. The number of benzene rings is 1. The lowest BCUT2D eigenvalue weighted by molar-refractivity contribution is -0.384. The molecule has 0 amide bonds. The van der Waals surface area contributed by atoms with E-state index in [1.165, 1.54) is 29.5 Å². The molecule has 0 spiro atoms. The standard InChI is InChI=1S/C40H58N2O10SSi/c1-25-13-11-14-28(22-50-38(47)29-15-12-16-31(20-29)42(48)49)17-18-32(52-35(44)21-33(43)40(7,8)37(46)27(3)36(25)45)26(2)19-30-24-53-34(41-30)23-51-54(9,10)39(4,5)6/h12,15-17,19-20,24-25,27,32-33,36,43,45H,11,13-14,18,21-23H2,1-10H3/b26-19+,28-17+/t25-,27+,32-,33-,36-/m0/s1. The van der Waals surface area contributed by atoms with Gasteiger partial charge in [0.25, 0.3) is 5.69 Å². The number of cyclic esters (lactones) is 1. The van der Waals surface area contributed by atoms with E-state index in [2.05, 4.69) is 33.9 Å². The molecule has 2 heterocycles. The van der Waals surface area contributed by atoms with Gasteiger partial charge in [-0.05, 0) is 73.5 Å². The molecule has 2 N–H and O–H groups in total. The third kappa shape index (κ3) is 12.2. The highest BCUT2D eigenvalue weighted by Gasteiger charge is 2.42. The molecule has 14 heteroatoms. The molecular weight excluding hydrogens is 729 g/mol. The second-order valence-corrected chi connectivity index (χ2v) is 22.3. The fourth-order valence-electron chi connectivity index (χ4n) is 5.90. The number of thiazole rings is 1. The molecule has 0 saturated carbocycles. The van der Waals surface area contributed by atoms with E-state index in [1.54, 1.807) is 20.8 Å². The molecule has 5 atom stereocenters. The van der Waals surface area contributed by atoms with E-state index in [4.69, 9.17) is 18.9 Å². The minimum absolute atomic E-state index is 0.0396. The highest BCUT2D eigenvalue weighted by Crippen LogP contribution is 2.37. The molecule has 0 aliphatic carbocycles. The monoisotopic (exact) mass is 786 g/mol. The summed E-state index contributed by atoms with van der Waals surface area (Å²) in [6.07, 6.45) is 1.95. The smallest absolute Gasteiger partial charge is 0.338 e. The molecule has 298 valence electrons. The lowest BCUT2D eigenvalue weighted by atomic mass is 9.73. The summed E-state index contributed by atoms with van der Waals surface area (Å²) < 4.78 is 17.9. The van der Waals surface area contributed by atoms with Crippen molar-refractivity contribution < 1.29 is 43.4 Å². The number of hydrogen-bond donors (Lipinski definition) is 2. The summed E-state index contributed by atoms with van der Waals surface area (Å²) in [6, 6.07) is 5.30. The van der Waals surface area contributed by atoms with Gasteiger partial charge in [-0.25, -0.2) is 9.78 Å². The van der Waals surface area contributed by atoms with E-state index in [0.717, 1.165) is 16.6 Å². The SMILES string of the molecule is C/C(=C\c1csc(CO[Si](C)(C)C(C)(C)C)n1)[C@@H]1C/C=C(/COC(=O)c2cccc([N+](=O)[O-])c2)CCC[C@H](C)[C@H](O)[C@@H](C)C(=O)C(C)(C)[C@@H](O)CC(=O)O1. The van der Waals surface area contributed by atoms with Crippen molar-refractivity contribution in [3.8, 4) is 0 Å². The van der Waals surface area contributed by atoms with Crippen molar-refractivity contribution in [1.29, 1.82) is 0 Å². The van der Waals surface area contributed by atoms with E-state index in [-0.39, 0.29) is 41.0 Å². The fourth-order valence-corrected chi connectivity index (χ4v) is 7.60. The van der Waals surface area contributed by atoms with Crippen LogP contribution < -0.4 is 0 Å². The van der Waals surface area contributed by atoms with Crippen LogP contribution in [0.15, 0.2) is 46.9 Å². The molecule has 1 aromatic carbocycles. The predicted octanol–water partition coefficient (Wildman–Crippen LogP) is 8.23. The number of esters is 2. The highest BCUT2D eigenvalue weighted by molar-refractivity contribution is 7.09. The summed E-state index contributed by atoms with van der Waals surface area (Å²) in [5.41, 5.74) is 0.572. The van der Waals surface area contributed by atoms with Crippen LogP contribution in [0.25, 0.3) is 6.08 Å². The number of nitro groups is 1. The Kier molecular flexibility index (Phi) is 15.7. The number of aliphatic hydroxyl groups excluding tert-OH is 2. The number of aliphatic hydroxyl groups is 2. The first kappa shape index (κ1) is 44.8. The van der Waals surface area contributed by atoms with E-state index >= 15 is 0 Å². The molecule has 3 rings (SSSR count). The molecule has 54 heavy (non-hydrogen) atoms. The van der Waals surface area contributed by atoms with Gasteiger partial charge in [-0.3, -0.25) is 19.7 Å². The number of carbonyl (C=O) groups is 3. The molecule has 1 aliphatic heterocycles. The zero-order valence-electron chi connectivity index (χ0n) is 33.3. The summed E-state index contributed by atoms with van der Waals surface area (Å²) in [4.78, 5) is 55.3. The van der Waals surface area contributed by atoms with Gasteiger partial charge in [0.15, 0.2) is 8.32 Å². The number of nitro benzene ring substituents is 1.